The SMILES string of the molecule is COc1cccc(OC)c1C(=O)NCC(O)c1cccc2ccccc12. The minimum atomic E-state index is -0.828. The molecule has 0 spiro atoms. The van der Waals surface area contributed by atoms with Crippen molar-refractivity contribution in [3.8, 4) is 11.5 Å². The first-order valence-electron chi connectivity index (χ1n) is 8.30. The normalized spacial score (nSPS) is 11.8. The van der Waals surface area contributed by atoms with Crippen LogP contribution in [-0.4, -0.2) is 31.8 Å². The molecule has 26 heavy (non-hydrogen) atoms. The van der Waals surface area contributed by atoms with Gasteiger partial charge in [-0.3, -0.25) is 4.79 Å². The number of nitrogens with one attached hydrogen (secondary N) is 1. The van der Waals surface area contributed by atoms with Crippen LogP contribution in [0.1, 0.15) is 22.0 Å². The van der Waals surface area contributed by atoms with Gasteiger partial charge < -0.3 is 19.9 Å². The van der Waals surface area contributed by atoms with Gasteiger partial charge >= 0.3 is 0 Å². The van der Waals surface area contributed by atoms with E-state index in [0.717, 1.165) is 16.3 Å². The zero-order valence-electron chi connectivity index (χ0n) is 14.7. The van der Waals surface area contributed by atoms with Crippen LogP contribution < -0.4 is 14.8 Å². The summed E-state index contributed by atoms with van der Waals surface area (Å²) in [5.74, 6) is 0.474. The zero-order chi connectivity index (χ0) is 18.5. The van der Waals surface area contributed by atoms with Gasteiger partial charge in [-0.25, -0.2) is 0 Å². The molecule has 3 aromatic rings. The summed E-state index contributed by atoms with van der Waals surface area (Å²) in [4.78, 5) is 12.6. The Morgan fingerprint density at radius 3 is 2.27 bits per heavy atom. The number of carbonyl (C=O) groups excluding carboxylic acids is 1. The van der Waals surface area contributed by atoms with Crippen LogP contribution in [0.2, 0.25) is 0 Å². The van der Waals surface area contributed by atoms with E-state index in [1.807, 2.05) is 42.5 Å². The fraction of sp³-hybridized carbons (Fsp3) is 0.190. The fourth-order valence-electron chi connectivity index (χ4n) is 3.00. The summed E-state index contributed by atoms with van der Waals surface area (Å²) in [5.41, 5.74) is 1.08. The molecule has 1 unspecified atom stereocenters. The number of ether oxygens (including phenoxy) is 2. The van der Waals surface area contributed by atoms with Crippen LogP contribution in [0.5, 0.6) is 11.5 Å². The van der Waals surface area contributed by atoms with E-state index in [-0.39, 0.29) is 12.5 Å². The Bertz CT molecular complexity index is 895. The molecule has 5 nitrogen and oxygen atoms in total. The lowest BCUT2D eigenvalue weighted by atomic mass is 10.0. The average molecular weight is 351 g/mol. The van der Waals surface area contributed by atoms with Crippen LogP contribution in [0.3, 0.4) is 0 Å². The van der Waals surface area contributed by atoms with Gasteiger partial charge in [0.1, 0.15) is 17.1 Å². The smallest absolute Gasteiger partial charge is 0.258 e. The molecule has 134 valence electrons. The molecule has 5 heteroatoms. The van der Waals surface area contributed by atoms with Crippen LogP contribution in [0.15, 0.2) is 60.7 Å². The summed E-state index contributed by atoms with van der Waals surface area (Å²) in [6, 6.07) is 18.7. The summed E-state index contributed by atoms with van der Waals surface area (Å²) in [7, 11) is 2.99. The molecule has 3 rings (SSSR count). The molecule has 0 saturated heterocycles. The van der Waals surface area contributed by atoms with E-state index in [2.05, 4.69) is 5.32 Å². The number of aliphatic hydroxyl groups excluding tert-OH is 1. The van der Waals surface area contributed by atoms with Gasteiger partial charge in [-0.1, -0.05) is 48.5 Å². The number of fused-ring (bicyclic) bond motifs is 1. The summed E-state index contributed by atoms with van der Waals surface area (Å²) < 4.78 is 10.5. The number of methoxy groups -OCH3 is 2. The molecule has 0 aliphatic carbocycles. The van der Waals surface area contributed by atoms with Gasteiger partial charge in [-0.05, 0) is 28.5 Å². The molecule has 2 N–H and O–H groups in total. The van der Waals surface area contributed by atoms with E-state index in [4.69, 9.17) is 9.47 Å². The quantitative estimate of drug-likeness (QED) is 0.715. The lowest BCUT2D eigenvalue weighted by Crippen LogP contribution is -2.29. The van der Waals surface area contributed by atoms with Crippen LogP contribution in [0.4, 0.5) is 0 Å². The van der Waals surface area contributed by atoms with Crippen LogP contribution in [0, 0.1) is 0 Å². The Hall–Kier alpha value is -3.05. The lowest BCUT2D eigenvalue weighted by molar-refractivity contribution is 0.0911. The number of amides is 1. The number of carbonyl (C=O) groups is 1. The average Bonchev–Trinajstić information content (AvgIpc) is 2.70. The van der Waals surface area contributed by atoms with Gasteiger partial charge in [0.25, 0.3) is 5.91 Å². The molecule has 0 radical (unpaired) electrons. The van der Waals surface area contributed by atoms with Crippen LogP contribution >= 0.6 is 0 Å². The fourth-order valence-corrected chi connectivity index (χ4v) is 3.00. The van der Waals surface area contributed by atoms with E-state index in [1.165, 1.54) is 14.2 Å². The van der Waals surface area contributed by atoms with Crippen molar-refractivity contribution < 1.29 is 19.4 Å². The maximum atomic E-state index is 12.6. The number of rotatable bonds is 6. The Morgan fingerprint density at radius 1 is 0.962 bits per heavy atom. The summed E-state index contributed by atoms with van der Waals surface area (Å²) >= 11 is 0. The molecule has 1 atom stereocenters. The molecule has 0 bridgehead atoms. The van der Waals surface area contributed by atoms with E-state index in [9.17, 15) is 9.90 Å². The first kappa shape index (κ1) is 17.8. The third kappa shape index (κ3) is 3.48. The first-order valence-corrected chi connectivity index (χ1v) is 8.30. The third-order valence-corrected chi connectivity index (χ3v) is 4.29. The van der Waals surface area contributed by atoms with E-state index in [1.54, 1.807) is 18.2 Å². The highest BCUT2D eigenvalue weighted by Gasteiger charge is 2.19. The van der Waals surface area contributed by atoms with Crippen molar-refractivity contribution in [1.82, 2.24) is 5.32 Å². The van der Waals surface area contributed by atoms with Crippen molar-refractivity contribution in [1.29, 1.82) is 0 Å². The maximum Gasteiger partial charge on any atom is 0.258 e. The summed E-state index contributed by atoms with van der Waals surface area (Å²) in [6.45, 7) is 0.0774. The van der Waals surface area contributed by atoms with E-state index < -0.39 is 6.10 Å². The molecule has 0 heterocycles. The van der Waals surface area contributed by atoms with Gasteiger partial charge in [0.05, 0.1) is 20.3 Å². The number of hydrogen-bond donors (Lipinski definition) is 2. The van der Waals surface area contributed by atoms with Crippen molar-refractivity contribution in [3.05, 3.63) is 71.8 Å². The van der Waals surface area contributed by atoms with Crippen molar-refractivity contribution in [2.75, 3.05) is 20.8 Å². The molecule has 0 aliphatic heterocycles. The van der Waals surface area contributed by atoms with Crippen molar-refractivity contribution in [2.45, 2.75) is 6.10 Å². The van der Waals surface area contributed by atoms with E-state index >= 15 is 0 Å². The third-order valence-electron chi connectivity index (χ3n) is 4.29. The second-order valence-electron chi connectivity index (χ2n) is 5.83. The summed E-state index contributed by atoms with van der Waals surface area (Å²) in [6.07, 6.45) is -0.828. The number of hydrogen-bond acceptors (Lipinski definition) is 4. The maximum absolute atomic E-state index is 12.6. The minimum absolute atomic E-state index is 0.0774. The molecule has 0 aliphatic rings. The predicted octanol–water partition coefficient (Wildman–Crippen LogP) is 3.32. The lowest BCUT2D eigenvalue weighted by Gasteiger charge is -2.16. The highest BCUT2D eigenvalue weighted by molar-refractivity contribution is 5.99. The predicted molar refractivity (Wildman–Crippen MR) is 101 cm³/mol. The van der Waals surface area contributed by atoms with E-state index in [0.29, 0.717) is 17.1 Å². The van der Waals surface area contributed by atoms with Gasteiger partial charge in [0, 0.05) is 6.54 Å². The first-order chi connectivity index (χ1) is 12.7. The Balaban J connectivity index is 1.80. The number of benzene rings is 3. The monoisotopic (exact) mass is 351 g/mol. The van der Waals surface area contributed by atoms with Crippen molar-refractivity contribution in [3.63, 3.8) is 0 Å². The summed E-state index contributed by atoms with van der Waals surface area (Å²) in [5, 5.41) is 15.4. The molecular formula is C21H21NO4. The molecule has 0 saturated carbocycles. The molecule has 0 aromatic heterocycles. The second kappa shape index (κ2) is 7.89. The minimum Gasteiger partial charge on any atom is -0.496 e. The number of aliphatic hydroxyl groups is 1. The highest BCUT2D eigenvalue weighted by Crippen LogP contribution is 2.28. The van der Waals surface area contributed by atoms with Gasteiger partial charge in [-0.15, -0.1) is 0 Å². The molecule has 3 aromatic carbocycles. The van der Waals surface area contributed by atoms with Gasteiger partial charge in [-0.2, -0.15) is 0 Å². The van der Waals surface area contributed by atoms with Gasteiger partial charge in [0.15, 0.2) is 0 Å². The van der Waals surface area contributed by atoms with Crippen LogP contribution in [-0.2, 0) is 0 Å². The largest absolute Gasteiger partial charge is 0.496 e. The topological polar surface area (TPSA) is 67.8 Å². The molecule has 1 amide bonds. The zero-order valence-corrected chi connectivity index (χ0v) is 14.7. The van der Waals surface area contributed by atoms with Crippen LogP contribution in [0.25, 0.3) is 10.8 Å². The standard InChI is InChI=1S/C21H21NO4/c1-25-18-11-6-12-19(26-2)20(18)21(24)22-13-17(23)16-10-5-8-14-7-3-4-9-15(14)16/h3-12,17,23H,13H2,1-2H3,(H,22,24). The van der Waals surface area contributed by atoms with Crippen molar-refractivity contribution >= 4 is 16.7 Å². The molecule has 0 fully saturated rings. The molecular weight excluding hydrogens is 330 g/mol. The van der Waals surface area contributed by atoms with Gasteiger partial charge in [0.2, 0.25) is 0 Å². The Labute approximate surface area is 152 Å². The Kier molecular flexibility index (Phi) is 5.39. The Morgan fingerprint density at radius 2 is 1.58 bits per heavy atom. The second-order valence-corrected chi connectivity index (χ2v) is 5.83. The highest BCUT2D eigenvalue weighted by atomic mass is 16.5. The van der Waals surface area contributed by atoms with Crippen molar-refractivity contribution in [2.24, 2.45) is 0 Å².